The Morgan fingerprint density at radius 1 is 1.03 bits per heavy atom. The minimum atomic E-state index is -3.52. The molecule has 8 nitrogen and oxygen atoms in total. The van der Waals surface area contributed by atoms with Gasteiger partial charge in [0.05, 0.1) is 22.8 Å². The van der Waals surface area contributed by atoms with Gasteiger partial charge in [0.1, 0.15) is 23.1 Å². The molecule has 12 heteroatoms. The number of aryl methyl sites for hydroxylation is 1. The van der Waals surface area contributed by atoms with Crippen LogP contribution in [-0.2, 0) is 21.2 Å². The SMILES string of the molecule is CC.CCS(=O)(=O)Nc1cccc(Oc2cc(F)cc(Nc3ccc(C)cc3F)c2NS(N)=O)c1. The first-order valence-electron chi connectivity index (χ1n) is 10.6. The van der Waals surface area contributed by atoms with Gasteiger partial charge in [-0.25, -0.2) is 26.5 Å². The number of rotatable bonds is 9. The fourth-order valence-electron chi connectivity index (χ4n) is 2.84. The summed E-state index contributed by atoms with van der Waals surface area (Å²) in [6.07, 6.45) is 0. The monoisotopic (exact) mass is 526 g/mol. The molecule has 0 bridgehead atoms. The highest BCUT2D eigenvalue weighted by Crippen LogP contribution is 2.39. The summed E-state index contributed by atoms with van der Waals surface area (Å²) < 4.78 is 74.7. The molecule has 0 aliphatic heterocycles. The van der Waals surface area contributed by atoms with E-state index in [0.29, 0.717) is 5.56 Å². The maximum absolute atomic E-state index is 14.4. The quantitative estimate of drug-likeness (QED) is 0.291. The lowest BCUT2D eigenvalue weighted by molar-refractivity contribution is 0.480. The first-order valence-corrected chi connectivity index (χ1v) is 13.5. The van der Waals surface area contributed by atoms with Gasteiger partial charge in [0, 0.05) is 12.1 Å². The van der Waals surface area contributed by atoms with Crippen molar-refractivity contribution < 1.29 is 26.1 Å². The van der Waals surface area contributed by atoms with Crippen LogP contribution in [0.25, 0.3) is 0 Å². The Bertz CT molecular complexity index is 1300. The Kier molecular flexibility index (Phi) is 9.99. The third-order valence-corrected chi connectivity index (χ3v) is 6.09. The molecule has 0 saturated carbocycles. The van der Waals surface area contributed by atoms with Crippen molar-refractivity contribution in [3.05, 3.63) is 71.8 Å². The first-order chi connectivity index (χ1) is 16.6. The molecule has 0 fully saturated rings. The summed E-state index contributed by atoms with van der Waals surface area (Å²) in [5.41, 5.74) is 1.02. The maximum atomic E-state index is 14.4. The molecule has 0 aromatic heterocycles. The summed E-state index contributed by atoms with van der Waals surface area (Å²) in [7, 11) is -3.52. The van der Waals surface area contributed by atoms with E-state index < -0.39 is 32.8 Å². The molecule has 1 unspecified atom stereocenters. The van der Waals surface area contributed by atoms with Crippen molar-refractivity contribution in [2.45, 2.75) is 27.7 Å². The summed E-state index contributed by atoms with van der Waals surface area (Å²) in [4.78, 5) is 0. The van der Waals surface area contributed by atoms with Crippen molar-refractivity contribution in [2.24, 2.45) is 5.14 Å². The van der Waals surface area contributed by atoms with Crippen molar-refractivity contribution in [3.8, 4) is 11.5 Å². The second-order valence-corrected chi connectivity index (χ2v) is 9.78. The highest BCUT2D eigenvalue weighted by Gasteiger charge is 2.17. The molecular formula is C23H28F2N4O4S2. The molecule has 35 heavy (non-hydrogen) atoms. The molecule has 0 saturated heterocycles. The zero-order valence-corrected chi connectivity index (χ0v) is 21.3. The Morgan fingerprint density at radius 3 is 2.37 bits per heavy atom. The van der Waals surface area contributed by atoms with Crippen LogP contribution in [0.3, 0.4) is 0 Å². The van der Waals surface area contributed by atoms with Gasteiger partial charge in [-0.1, -0.05) is 26.0 Å². The van der Waals surface area contributed by atoms with E-state index in [2.05, 4.69) is 14.8 Å². The molecular weight excluding hydrogens is 498 g/mol. The topological polar surface area (TPSA) is 123 Å². The largest absolute Gasteiger partial charge is 0.455 e. The second-order valence-electron chi connectivity index (χ2n) is 6.97. The van der Waals surface area contributed by atoms with Crippen molar-refractivity contribution in [3.63, 3.8) is 0 Å². The average Bonchev–Trinajstić information content (AvgIpc) is 2.79. The average molecular weight is 527 g/mol. The number of nitrogens with two attached hydrogens (primary N) is 1. The minimum Gasteiger partial charge on any atom is -0.455 e. The molecule has 0 aliphatic rings. The van der Waals surface area contributed by atoms with Gasteiger partial charge in [0.25, 0.3) is 0 Å². The maximum Gasteiger partial charge on any atom is 0.232 e. The Morgan fingerprint density at radius 2 is 1.74 bits per heavy atom. The molecule has 3 aromatic rings. The highest BCUT2D eigenvalue weighted by molar-refractivity contribution is 7.92. The van der Waals surface area contributed by atoms with E-state index in [1.165, 1.54) is 43.3 Å². The van der Waals surface area contributed by atoms with Crippen molar-refractivity contribution in [1.82, 2.24) is 0 Å². The fraction of sp³-hybridized carbons (Fsp3) is 0.217. The zero-order valence-electron chi connectivity index (χ0n) is 19.7. The minimum absolute atomic E-state index is 0.0109. The van der Waals surface area contributed by atoms with Crippen LogP contribution in [0.2, 0.25) is 0 Å². The summed E-state index contributed by atoms with van der Waals surface area (Å²) in [6, 6.07) is 12.5. The molecule has 0 aliphatic carbocycles. The summed E-state index contributed by atoms with van der Waals surface area (Å²) >= 11 is -2.07. The van der Waals surface area contributed by atoms with Gasteiger partial charge < -0.3 is 10.1 Å². The standard InChI is InChI=1S/C21H22F2N4O4S2.C2H6/c1-3-33(29,30)27-15-5-4-6-16(12-15)31-20-11-14(22)10-19(21(20)26-32(24)28)25-18-8-7-13(2)9-17(18)23;1-2/h4-12,25-27H,3,24H2,1-2H3;1-2H3. The molecule has 0 amide bonds. The van der Waals surface area contributed by atoms with E-state index in [-0.39, 0.29) is 40.0 Å². The van der Waals surface area contributed by atoms with Gasteiger partial charge in [-0.2, -0.15) is 0 Å². The van der Waals surface area contributed by atoms with E-state index in [4.69, 9.17) is 9.88 Å². The molecule has 0 radical (unpaired) electrons. The van der Waals surface area contributed by atoms with Crippen LogP contribution in [0.4, 0.5) is 31.5 Å². The summed E-state index contributed by atoms with van der Waals surface area (Å²) in [5.74, 6) is -1.37. The second kappa shape index (κ2) is 12.5. The van der Waals surface area contributed by atoms with Crippen molar-refractivity contribution >= 4 is 43.9 Å². The predicted molar refractivity (Wildman–Crippen MR) is 138 cm³/mol. The normalized spacial score (nSPS) is 11.6. The number of hydrogen-bond donors (Lipinski definition) is 4. The van der Waals surface area contributed by atoms with E-state index in [1.807, 2.05) is 13.8 Å². The Hall–Kier alpha value is -3.22. The van der Waals surface area contributed by atoms with E-state index in [0.717, 1.165) is 12.1 Å². The third-order valence-electron chi connectivity index (χ3n) is 4.38. The summed E-state index contributed by atoms with van der Waals surface area (Å²) in [6.45, 7) is 7.21. The van der Waals surface area contributed by atoms with Crippen LogP contribution in [0.15, 0.2) is 54.6 Å². The predicted octanol–water partition coefficient (Wildman–Crippen LogP) is 5.55. The van der Waals surface area contributed by atoms with Crippen LogP contribution in [0, 0.1) is 18.6 Å². The van der Waals surface area contributed by atoms with Crippen LogP contribution < -0.4 is 24.6 Å². The Balaban J connectivity index is 0.00000210. The van der Waals surface area contributed by atoms with Gasteiger partial charge in [0.15, 0.2) is 16.9 Å². The first kappa shape index (κ1) is 28.0. The van der Waals surface area contributed by atoms with Gasteiger partial charge in [0.2, 0.25) is 10.0 Å². The van der Waals surface area contributed by atoms with Gasteiger partial charge in [-0.05, 0) is 49.7 Å². The number of nitrogens with one attached hydrogen (secondary N) is 3. The zero-order chi connectivity index (χ0) is 26.2. The number of anilines is 4. The lowest BCUT2D eigenvalue weighted by Crippen LogP contribution is -2.15. The van der Waals surface area contributed by atoms with Crippen molar-refractivity contribution in [1.29, 1.82) is 0 Å². The van der Waals surface area contributed by atoms with Gasteiger partial charge >= 0.3 is 0 Å². The van der Waals surface area contributed by atoms with Crippen LogP contribution in [0.1, 0.15) is 26.3 Å². The number of hydrogen-bond acceptors (Lipinski definition) is 5. The smallest absolute Gasteiger partial charge is 0.232 e. The third kappa shape index (κ3) is 8.19. The summed E-state index contributed by atoms with van der Waals surface area (Å²) in [5, 5.41) is 8.13. The molecule has 1 atom stereocenters. The molecule has 5 N–H and O–H groups in total. The van der Waals surface area contributed by atoms with E-state index >= 15 is 0 Å². The lowest BCUT2D eigenvalue weighted by atomic mass is 10.2. The van der Waals surface area contributed by atoms with Gasteiger partial charge in [-0.3, -0.25) is 9.44 Å². The fourth-order valence-corrected chi connectivity index (χ4v) is 3.88. The number of sulfonamides is 1. The van der Waals surface area contributed by atoms with Gasteiger partial charge in [-0.15, -0.1) is 0 Å². The van der Waals surface area contributed by atoms with E-state index in [1.54, 1.807) is 13.0 Å². The molecule has 190 valence electrons. The van der Waals surface area contributed by atoms with Crippen molar-refractivity contribution in [2.75, 3.05) is 20.5 Å². The lowest BCUT2D eigenvalue weighted by Gasteiger charge is -2.18. The number of benzene rings is 3. The van der Waals surface area contributed by atoms with Crippen LogP contribution in [0.5, 0.6) is 11.5 Å². The van der Waals surface area contributed by atoms with E-state index in [9.17, 15) is 21.4 Å². The highest BCUT2D eigenvalue weighted by atomic mass is 32.2. The Labute approximate surface area is 206 Å². The molecule has 3 aromatic carbocycles. The molecule has 3 rings (SSSR count). The van der Waals surface area contributed by atoms with Crippen LogP contribution >= 0.6 is 0 Å². The number of halogens is 2. The number of ether oxygens (including phenoxy) is 1. The molecule has 0 spiro atoms. The van der Waals surface area contributed by atoms with Crippen LogP contribution in [-0.4, -0.2) is 18.4 Å². The molecule has 0 heterocycles.